The van der Waals surface area contributed by atoms with Crippen molar-refractivity contribution < 1.29 is 14.3 Å². The average Bonchev–Trinajstić information content (AvgIpc) is 2.76. The molecule has 6 heteroatoms. The molecule has 1 atom stereocenters. The van der Waals surface area contributed by atoms with Crippen molar-refractivity contribution in [2.75, 3.05) is 6.54 Å². The smallest absolute Gasteiger partial charge is 0.407 e. The summed E-state index contributed by atoms with van der Waals surface area (Å²) in [6.07, 6.45) is 3.92. The van der Waals surface area contributed by atoms with E-state index in [1.807, 2.05) is 25.3 Å². The number of nitrogens with one attached hydrogen (secondary N) is 1. The Balaban J connectivity index is 1.84. The molecule has 1 aromatic heterocycles. The fraction of sp³-hybridized carbons (Fsp3) is 0.643. The van der Waals surface area contributed by atoms with Gasteiger partial charge < -0.3 is 14.6 Å². The van der Waals surface area contributed by atoms with Gasteiger partial charge in [0.25, 0.3) is 0 Å². The minimum atomic E-state index is -0.479. The predicted octanol–water partition coefficient (Wildman–Crippen LogP) is 1.78. The number of hydrogen-bond acceptors (Lipinski definition) is 4. The van der Waals surface area contributed by atoms with Gasteiger partial charge in [0.15, 0.2) is 6.29 Å². The van der Waals surface area contributed by atoms with Crippen molar-refractivity contribution in [3.05, 3.63) is 17.7 Å². The predicted molar refractivity (Wildman–Crippen MR) is 73.7 cm³/mol. The molecule has 0 radical (unpaired) electrons. The molecule has 1 aromatic rings. The second-order valence-corrected chi connectivity index (χ2v) is 6.14. The normalized spacial score (nSPS) is 18.2. The minimum absolute atomic E-state index is 0.337. The number of rotatable bonds is 3. The van der Waals surface area contributed by atoms with Crippen molar-refractivity contribution >= 4 is 12.4 Å². The lowest BCUT2D eigenvalue weighted by molar-refractivity contribution is 0.0515. The molecule has 20 heavy (non-hydrogen) atoms. The highest BCUT2D eigenvalue weighted by Gasteiger charge is 2.22. The SMILES string of the molecule is CC(C)(C)OC(=O)NCC1CCc2nc(C=O)cn2C1. The molecule has 0 saturated carbocycles. The largest absolute Gasteiger partial charge is 0.444 e. The number of aldehydes is 1. The van der Waals surface area contributed by atoms with E-state index in [-0.39, 0.29) is 6.09 Å². The van der Waals surface area contributed by atoms with E-state index in [1.165, 1.54) is 0 Å². The third kappa shape index (κ3) is 3.82. The van der Waals surface area contributed by atoms with Crippen LogP contribution in [0.5, 0.6) is 0 Å². The number of aromatic nitrogens is 2. The Hall–Kier alpha value is -1.85. The molecule has 0 spiro atoms. The number of hydrogen-bond donors (Lipinski definition) is 1. The molecule has 0 aromatic carbocycles. The van der Waals surface area contributed by atoms with Crippen LogP contribution in [-0.2, 0) is 17.7 Å². The van der Waals surface area contributed by atoms with Gasteiger partial charge >= 0.3 is 6.09 Å². The van der Waals surface area contributed by atoms with E-state index in [0.29, 0.717) is 18.2 Å². The van der Waals surface area contributed by atoms with Crippen LogP contribution in [0, 0.1) is 5.92 Å². The highest BCUT2D eigenvalue weighted by atomic mass is 16.6. The number of ether oxygens (including phenoxy) is 1. The molecule has 6 nitrogen and oxygen atoms in total. The van der Waals surface area contributed by atoms with E-state index in [1.54, 1.807) is 6.20 Å². The molecule has 1 N–H and O–H groups in total. The van der Waals surface area contributed by atoms with Gasteiger partial charge in [-0.3, -0.25) is 4.79 Å². The lowest BCUT2D eigenvalue weighted by atomic mass is 9.99. The molecule has 0 fully saturated rings. The van der Waals surface area contributed by atoms with Crippen LogP contribution >= 0.6 is 0 Å². The van der Waals surface area contributed by atoms with Gasteiger partial charge in [-0.1, -0.05) is 0 Å². The van der Waals surface area contributed by atoms with E-state index in [4.69, 9.17) is 4.74 Å². The Morgan fingerprint density at radius 2 is 2.35 bits per heavy atom. The maximum absolute atomic E-state index is 11.6. The van der Waals surface area contributed by atoms with Crippen molar-refractivity contribution in [1.82, 2.24) is 14.9 Å². The number of carbonyl (C=O) groups is 2. The molecule has 2 heterocycles. The monoisotopic (exact) mass is 279 g/mol. The summed E-state index contributed by atoms with van der Waals surface area (Å²) < 4.78 is 7.20. The van der Waals surface area contributed by atoms with Gasteiger partial charge in [-0.05, 0) is 33.1 Å². The number of alkyl carbamates (subject to hydrolysis) is 1. The molecule has 0 saturated heterocycles. The summed E-state index contributed by atoms with van der Waals surface area (Å²) in [6.45, 7) is 6.86. The molecule has 1 unspecified atom stereocenters. The summed E-state index contributed by atoms with van der Waals surface area (Å²) >= 11 is 0. The van der Waals surface area contributed by atoms with Crippen LogP contribution in [0.1, 0.15) is 43.5 Å². The standard InChI is InChI=1S/C14H21N3O3/c1-14(2,3)20-13(19)15-6-10-4-5-12-16-11(9-18)8-17(12)7-10/h8-10H,4-7H2,1-3H3,(H,15,19). The zero-order chi connectivity index (χ0) is 14.8. The van der Waals surface area contributed by atoms with E-state index in [9.17, 15) is 9.59 Å². The molecule has 1 amide bonds. The quantitative estimate of drug-likeness (QED) is 0.856. The minimum Gasteiger partial charge on any atom is -0.444 e. The van der Waals surface area contributed by atoms with E-state index in [0.717, 1.165) is 31.5 Å². The van der Waals surface area contributed by atoms with E-state index in [2.05, 4.69) is 10.3 Å². The maximum atomic E-state index is 11.6. The summed E-state index contributed by atoms with van der Waals surface area (Å²) in [5.41, 5.74) is -0.00622. The number of imidazole rings is 1. The first-order valence-electron chi connectivity index (χ1n) is 6.85. The molecule has 110 valence electrons. The Morgan fingerprint density at radius 3 is 3.00 bits per heavy atom. The summed E-state index contributed by atoms with van der Waals surface area (Å²) in [5, 5.41) is 2.80. The molecule has 1 aliphatic heterocycles. The Kier molecular flexibility index (Phi) is 4.11. The first kappa shape index (κ1) is 14.6. The number of amides is 1. The topological polar surface area (TPSA) is 73.2 Å². The lowest BCUT2D eigenvalue weighted by Gasteiger charge is -2.25. The van der Waals surface area contributed by atoms with Gasteiger partial charge in [0, 0.05) is 25.7 Å². The Labute approximate surface area is 118 Å². The molecular formula is C14H21N3O3. The van der Waals surface area contributed by atoms with Crippen LogP contribution in [0.3, 0.4) is 0 Å². The Bertz CT molecular complexity index is 502. The third-order valence-electron chi connectivity index (χ3n) is 3.16. The van der Waals surface area contributed by atoms with Crippen molar-refractivity contribution in [1.29, 1.82) is 0 Å². The molecule has 1 aliphatic rings. The molecule has 2 rings (SSSR count). The molecule has 0 bridgehead atoms. The van der Waals surface area contributed by atoms with Gasteiger partial charge in [0.2, 0.25) is 0 Å². The first-order chi connectivity index (χ1) is 9.37. The van der Waals surface area contributed by atoms with Crippen molar-refractivity contribution in [3.63, 3.8) is 0 Å². The molecule has 0 aliphatic carbocycles. The second-order valence-electron chi connectivity index (χ2n) is 6.14. The van der Waals surface area contributed by atoms with Crippen LogP contribution in [0.4, 0.5) is 4.79 Å². The highest BCUT2D eigenvalue weighted by Crippen LogP contribution is 2.19. The zero-order valence-corrected chi connectivity index (χ0v) is 12.2. The van der Waals surface area contributed by atoms with Crippen molar-refractivity contribution in [2.24, 2.45) is 5.92 Å². The van der Waals surface area contributed by atoms with Gasteiger partial charge in [-0.15, -0.1) is 0 Å². The number of carbonyl (C=O) groups excluding carboxylic acids is 2. The zero-order valence-electron chi connectivity index (χ0n) is 12.2. The summed E-state index contributed by atoms with van der Waals surface area (Å²) in [6, 6.07) is 0. The van der Waals surface area contributed by atoms with Crippen LogP contribution in [-0.4, -0.2) is 34.1 Å². The first-order valence-corrected chi connectivity index (χ1v) is 6.85. The second kappa shape index (κ2) is 5.64. The number of fused-ring (bicyclic) bond motifs is 1. The molecular weight excluding hydrogens is 258 g/mol. The Morgan fingerprint density at radius 1 is 1.60 bits per heavy atom. The van der Waals surface area contributed by atoms with Gasteiger partial charge in [-0.25, -0.2) is 9.78 Å². The summed E-state index contributed by atoms with van der Waals surface area (Å²) in [5.74, 6) is 1.28. The number of aryl methyl sites for hydroxylation is 1. The van der Waals surface area contributed by atoms with Gasteiger partial charge in [-0.2, -0.15) is 0 Å². The van der Waals surface area contributed by atoms with Crippen molar-refractivity contribution in [3.8, 4) is 0 Å². The number of nitrogens with zero attached hydrogens (tertiary/aromatic N) is 2. The van der Waals surface area contributed by atoms with Crippen LogP contribution in [0.25, 0.3) is 0 Å². The van der Waals surface area contributed by atoms with E-state index >= 15 is 0 Å². The summed E-state index contributed by atoms with van der Waals surface area (Å²) in [7, 11) is 0. The average molecular weight is 279 g/mol. The van der Waals surface area contributed by atoms with Crippen molar-refractivity contribution in [2.45, 2.75) is 45.8 Å². The fourth-order valence-electron chi connectivity index (χ4n) is 2.30. The van der Waals surface area contributed by atoms with E-state index < -0.39 is 5.60 Å². The van der Waals surface area contributed by atoms with Gasteiger partial charge in [0.05, 0.1) is 0 Å². The summed E-state index contributed by atoms with van der Waals surface area (Å²) in [4.78, 5) is 26.5. The fourth-order valence-corrected chi connectivity index (χ4v) is 2.30. The highest BCUT2D eigenvalue weighted by molar-refractivity contribution is 5.71. The van der Waals surface area contributed by atoms with Gasteiger partial charge in [0.1, 0.15) is 17.1 Å². The van der Waals surface area contributed by atoms with Crippen LogP contribution in [0.15, 0.2) is 6.20 Å². The maximum Gasteiger partial charge on any atom is 0.407 e. The van der Waals surface area contributed by atoms with Crippen LogP contribution in [0.2, 0.25) is 0 Å². The third-order valence-corrected chi connectivity index (χ3v) is 3.16. The van der Waals surface area contributed by atoms with Crippen LogP contribution < -0.4 is 5.32 Å². The lowest BCUT2D eigenvalue weighted by Crippen LogP contribution is -2.37.